The Labute approximate surface area is 223 Å². The number of piperazine rings is 1. The molecular weight excluding hydrogens is 506 g/mol. The summed E-state index contributed by atoms with van der Waals surface area (Å²) < 4.78 is 35.9. The van der Waals surface area contributed by atoms with Gasteiger partial charge in [0.1, 0.15) is 18.4 Å². The Morgan fingerprint density at radius 2 is 1.66 bits per heavy atom. The van der Waals surface area contributed by atoms with Crippen molar-refractivity contribution in [2.24, 2.45) is 0 Å². The van der Waals surface area contributed by atoms with E-state index in [1.165, 1.54) is 17.7 Å². The highest BCUT2D eigenvalue weighted by Crippen LogP contribution is 2.24. The van der Waals surface area contributed by atoms with Crippen LogP contribution in [0.4, 0.5) is 0 Å². The van der Waals surface area contributed by atoms with Crippen LogP contribution in [0, 0.1) is 6.92 Å². The second-order valence-corrected chi connectivity index (χ2v) is 11.3. The summed E-state index contributed by atoms with van der Waals surface area (Å²) in [6.07, 6.45) is 1.17. The molecule has 0 bridgehead atoms. The van der Waals surface area contributed by atoms with Crippen LogP contribution in [0.5, 0.6) is 5.75 Å². The van der Waals surface area contributed by atoms with Crippen LogP contribution in [0.15, 0.2) is 60.7 Å². The Morgan fingerprint density at radius 1 is 0.974 bits per heavy atom. The third kappa shape index (κ3) is 6.50. The van der Waals surface area contributed by atoms with E-state index in [9.17, 15) is 18.0 Å². The number of fused-ring (bicyclic) bond motifs is 1. The molecule has 0 aromatic heterocycles. The Balaban J connectivity index is 1.35. The van der Waals surface area contributed by atoms with E-state index in [1.54, 1.807) is 24.3 Å². The lowest BCUT2D eigenvalue weighted by atomic mass is 10.0. The third-order valence-corrected chi connectivity index (χ3v) is 8.19. The number of sulfonamides is 1. The molecule has 1 atom stereocenters. The molecule has 10 heteroatoms. The van der Waals surface area contributed by atoms with Crippen molar-refractivity contribution in [3.8, 4) is 5.75 Å². The van der Waals surface area contributed by atoms with Crippen LogP contribution in [0.25, 0.3) is 10.8 Å². The second-order valence-electron chi connectivity index (χ2n) is 9.34. The summed E-state index contributed by atoms with van der Waals surface area (Å²) >= 11 is 0. The van der Waals surface area contributed by atoms with Crippen LogP contribution in [0.3, 0.4) is 0 Å². The van der Waals surface area contributed by atoms with Gasteiger partial charge in [-0.2, -0.15) is 4.31 Å². The molecule has 1 aliphatic heterocycles. The minimum atomic E-state index is -3.29. The molecule has 0 spiro atoms. The zero-order valence-corrected chi connectivity index (χ0v) is 22.7. The number of hydrogen-bond acceptors (Lipinski definition) is 7. The van der Waals surface area contributed by atoms with Crippen molar-refractivity contribution >= 4 is 32.7 Å². The maximum atomic E-state index is 12.8. The van der Waals surface area contributed by atoms with E-state index in [0.717, 1.165) is 21.9 Å². The van der Waals surface area contributed by atoms with Crippen LogP contribution >= 0.6 is 0 Å². The number of benzene rings is 3. The highest BCUT2D eigenvalue weighted by atomic mass is 32.2. The molecule has 1 saturated heterocycles. The lowest BCUT2D eigenvalue weighted by molar-refractivity contribution is -0.147. The van der Waals surface area contributed by atoms with Gasteiger partial charge in [-0.25, -0.2) is 8.42 Å². The van der Waals surface area contributed by atoms with Crippen molar-refractivity contribution in [1.29, 1.82) is 0 Å². The van der Waals surface area contributed by atoms with Gasteiger partial charge in [-0.3, -0.25) is 14.5 Å². The van der Waals surface area contributed by atoms with Crippen molar-refractivity contribution in [1.82, 2.24) is 14.5 Å². The molecule has 202 valence electrons. The van der Waals surface area contributed by atoms with E-state index in [-0.39, 0.29) is 25.5 Å². The number of methoxy groups -OCH3 is 1. The Bertz CT molecular complexity index is 1400. The molecule has 1 aliphatic rings. The SMILES string of the molecule is COC(=O)[C@H](CNC(=O)c1ccc(OCc2c(C)ccc3ccccc23)cc1)N1CCN(S(C)(=O)=O)CC1. The zero-order chi connectivity index (χ0) is 27.3. The lowest BCUT2D eigenvalue weighted by Gasteiger charge is -2.37. The maximum Gasteiger partial charge on any atom is 0.324 e. The van der Waals surface area contributed by atoms with E-state index in [0.29, 0.717) is 31.0 Å². The van der Waals surface area contributed by atoms with Gasteiger partial charge in [-0.1, -0.05) is 36.4 Å². The first kappa shape index (κ1) is 27.6. The van der Waals surface area contributed by atoms with E-state index < -0.39 is 22.0 Å². The number of esters is 1. The zero-order valence-electron chi connectivity index (χ0n) is 21.8. The number of carbonyl (C=O) groups is 2. The van der Waals surface area contributed by atoms with E-state index in [1.807, 2.05) is 17.0 Å². The molecule has 0 unspecified atom stereocenters. The first-order valence-corrected chi connectivity index (χ1v) is 14.3. The predicted molar refractivity (Wildman–Crippen MR) is 146 cm³/mol. The molecule has 1 amide bonds. The van der Waals surface area contributed by atoms with Crippen molar-refractivity contribution in [2.45, 2.75) is 19.6 Å². The Kier molecular flexibility index (Phi) is 8.65. The smallest absolute Gasteiger partial charge is 0.324 e. The van der Waals surface area contributed by atoms with Crippen LogP contribution < -0.4 is 10.1 Å². The summed E-state index contributed by atoms with van der Waals surface area (Å²) in [4.78, 5) is 27.0. The summed E-state index contributed by atoms with van der Waals surface area (Å²) in [5, 5.41) is 5.12. The molecule has 0 saturated carbocycles. The van der Waals surface area contributed by atoms with Crippen LogP contribution in [0.2, 0.25) is 0 Å². The molecule has 3 aromatic carbocycles. The van der Waals surface area contributed by atoms with Gasteiger partial charge in [0.25, 0.3) is 5.91 Å². The Hall–Kier alpha value is -3.47. The summed E-state index contributed by atoms with van der Waals surface area (Å²) in [5.41, 5.74) is 2.71. The van der Waals surface area contributed by atoms with Gasteiger partial charge in [0.2, 0.25) is 10.0 Å². The molecule has 38 heavy (non-hydrogen) atoms. The number of nitrogens with one attached hydrogen (secondary N) is 1. The van der Waals surface area contributed by atoms with Crippen LogP contribution in [-0.2, 0) is 26.2 Å². The van der Waals surface area contributed by atoms with E-state index >= 15 is 0 Å². The quantitative estimate of drug-likeness (QED) is 0.417. The second kappa shape index (κ2) is 11.9. The maximum absolute atomic E-state index is 12.8. The van der Waals surface area contributed by atoms with Gasteiger partial charge in [0.05, 0.1) is 13.4 Å². The Morgan fingerprint density at radius 3 is 2.32 bits per heavy atom. The number of amides is 1. The number of nitrogens with zero attached hydrogens (tertiary/aromatic N) is 2. The number of hydrogen-bond donors (Lipinski definition) is 1. The molecular formula is C28H33N3O6S. The fourth-order valence-electron chi connectivity index (χ4n) is 4.63. The summed E-state index contributed by atoms with van der Waals surface area (Å²) in [6, 6.07) is 18.5. The number of ether oxygens (including phenoxy) is 2. The minimum absolute atomic E-state index is 0.0446. The fourth-order valence-corrected chi connectivity index (χ4v) is 5.46. The number of rotatable bonds is 9. The number of aryl methyl sites for hydroxylation is 1. The first-order chi connectivity index (χ1) is 18.2. The molecule has 0 radical (unpaired) electrons. The monoisotopic (exact) mass is 539 g/mol. The molecule has 3 aromatic rings. The van der Waals surface area contributed by atoms with Gasteiger partial charge in [-0.05, 0) is 47.5 Å². The van der Waals surface area contributed by atoms with Crippen molar-refractivity contribution in [3.05, 3.63) is 77.4 Å². The molecule has 1 fully saturated rings. The average Bonchev–Trinajstić information content (AvgIpc) is 2.92. The largest absolute Gasteiger partial charge is 0.489 e. The summed E-state index contributed by atoms with van der Waals surface area (Å²) in [7, 11) is -1.99. The van der Waals surface area contributed by atoms with Gasteiger partial charge in [-0.15, -0.1) is 0 Å². The highest BCUT2D eigenvalue weighted by molar-refractivity contribution is 7.88. The minimum Gasteiger partial charge on any atom is -0.489 e. The van der Waals surface area contributed by atoms with Gasteiger partial charge >= 0.3 is 5.97 Å². The summed E-state index contributed by atoms with van der Waals surface area (Å²) in [5.74, 6) is -0.166. The van der Waals surface area contributed by atoms with Crippen molar-refractivity contribution in [3.63, 3.8) is 0 Å². The molecule has 9 nitrogen and oxygen atoms in total. The predicted octanol–water partition coefficient (Wildman–Crippen LogP) is 2.58. The topological polar surface area (TPSA) is 105 Å². The lowest BCUT2D eigenvalue weighted by Crippen LogP contribution is -2.57. The van der Waals surface area contributed by atoms with Gasteiger partial charge in [0, 0.05) is 43.9 Å². The molecule has 4 rings (SSSR count). The van der Waals surface area contributed by atoms with Crippen molar-refractivity contribution in [2.75, 3.05) is 46.1 Å². The first-order valence-electron chi connectivity index (χ1n) is 12.4. The molecule has 0 aliphatic carbocycles. The van der Waals surface area contributed by atoms with Crippen LogP contribution in [-0.4, -0.2) is 81.6 Å². The summed E-state index contributed by atoms with van der Waals surface area (Å²) in [6.45, 7) is 3.80. The molecule has 1 N–H and O–H groups in total. The standard InChI is InChI=1S/C28H33N3O6S/c1-20-8-9-21-6-4-5-7-24(21)25(20)19-37-23-12-10-22(11-13-23)27(32)29-18-26(28(33)36-2)30-14-16-31(17-15-30)38(3,34)35/h4-13,26H,14-19H2,1-3H3,(H,29,32)/t26-/m0/s1. The van der Waals surface area contributed by atoms with Crippen molar-refractivity contribution < 1.29 is 27.5 Å². The van der Waals surface area contributed by atoms with Gasteiger partial charge in [0.15, 0.2) is 0 Å². The number of carbonyl (C=O) groups excluding carboxylic acids is 2. The fraction of sp³-hybridized carbons (Fsp3) is 0.357. The normalized spacial score (nSPS) is 15.7. The highest BCUT2D eigenvalue weighted by Gasteiger charge is 2.32. The van der Waals surface area contributed by atoms with E-state index in [4.69, 9.17) is 9.47 Å². The molecule has 1 heterocycles. The van der Waals surface area contributed by atoms with E-state index in [2.05, 4.69) is 36.5 Å². The third-order valence-electron chi connectivity index (χ3n) is 6.89. The van der Waals surface area contributed by atoms with Gasteiger partial charge < -0.3 is 14.8 Å². The van der Waals surface area contributed by atoms with Crippen LogP contribution in [0.1, 0.15) is 21.5 Å². The average molecular weight is 540 g/mol.